The molecule has 4 rings (SSSR count). The summed E-state index contributed by atoms with van der Waals surface area (Å²) in [5, 5.41) is 3.24. The summed E-state index contributed by atoms with van der Waals surface area (Å²) in [5.74, 6) is -1.20. The van der Waals surface area contributed by atoms with Crippen LogP contribution in [0.5, 0.6) is 0 Å². The lowest BCUT2D eigenvalue weighted by molar-refractivity contribution is -0.134. The average molecular weight is 410 g/mol. The van der Waals surface area contributed by atoms with Gasteiger partial charge in [-0.2, -0.15) is 0 Å². The Morgan fingerprint density at radius 1 is 1.24 bits per heavy atom. The van der Waals surface area contributed by atoms with Crippen molar-refractivity contribution in [3.63, 3.8) is 0 Å². The fourth-order valence-electron chi connectivity index (χ4n) is 3.32. The van der Waals surface area contributed by atoms with Gasteiger partial charge in [0, 0.05) is 17.7 Å². The number of aryl methyl sites for hydroxylation is 1. The highest BCUT2D eigenvalue weighted by molar-refractivity contribution is 7.15. The monoisotopic (exact) mass is 410 g/mol. The minimum Gasteiger partial charge on any atom is -0.445 e. The summed E-state index contributed by atoms with van der Waals surface area (Å²) < 4.78 is 18.6. The maximum Gasteiger partial charge on any atom is 0.339 e. The van der Waals surface area contributed by atoms with Gasteiger partial charge in [0.05, 0.1) is 11.3 Å². The van der Waals surface area contributed by atoms with Gasteiger partial charge in [-0.3, -0.25) is 10.1 Å². The first-order valence-electron chi connectivity index (χ1n) is 9.17. The molecule has 0 radical (unpaired) electrons. The molecule has 0 spiro atoms. The first kappa shape index (κ1) is 19.3. The fourth-order valence-corrected chi connectivity index (χ4v) is 4.31. The number of hydrogen-bond donors (Lipinski definition) is 1. The van der Waals surface area contributed by atoms with Crippen LogP contribution in [-0.2, 0) is 22.4 Å². The Morgan fingerprint density at radius 2 is 1.97 bits per heavy atom. The highest BCUT2D eigenvalue weighted by atomic mass is 32.1. The number of esters is 1. The summed E-state index contributed by atoms with van der Waals surface area (Å²) in [4.78, 5) is 30.6. The van der Waals surface area contributed by atoms with Crippen LogP contribution >= 0.6 is 11.3 Å². The van der Waals surface area contributed by atoms with Gasteiger partial charge in [0.2, 0.25) is 0 Å². The van der Waals surface area contributed by atoms with Crippen molar-refractivity contribution in [3.8, 4) is 0 Å². The van der Waals surface area contributed by atoms with Crippen molar-refractivity contribution in [1.29, 1.82) is 0 Å². The van der Waals surface area contributed by atoms with Crippen LogP contribution in [0.15, 0.2) is 48.5 Å². The molecule has 5 nitrogen and oxygen atoms in total. The number of nitrogens with one attached hydrogen (secondary N) is 1. The zero-order valence-corrected chi connectivity index (χ0v) is 16.8. The Morgan fingerprint density at radius 3 is 2.72 bits per heavy atom. The van der Waals surface area contributed by atoms with Crippen molar-refractivity contribution in [2.75, 3.05) is 5.32 Å². The summed E-state index contributed by atoms with van der Waals surface area (Å²) in [6, 6.07) is 13.4. The van der Waals surface area contributed by atoms with Crippen molar-refractivity contribution in [2.45, 2.75) is 32.3 Å². The average Bonchev–Trinajstić information content (AvgIpc) is 3.02. The lowest BCUT2D eigenvalue weighted by atomic mass is 9.89. The third kappa shape index (κ3) is 3.91. The zero-order chi connectivity index (χ0) is 20.6. The van der Waals surface area contributed by atoms with Crippen LogP contribution < -0.4 is 5.32 Å². The molecule has 29 heavy (non-hydrogen) atoms. The third-order valence-corrected chi connectivity index (χ3v) is 6.03. The van der Waals surface area contributed by atoms with Gasteiger partial charge < -0.3 is 4.74 Å². The molecule has 1 unspecified atom stereocenters. The highest BCUT2D eigenvalue weighted by Gasteiger charge is 2.42. The minimum atomic E-state index is -1.30. The molecule has 7 heteroatoms. The number of hydrogen-bond acceptors (Lipinski definition) is 5. The van der Waals surface area contributed by atoms with Gasteiger partial charge in [0.15, 0.2) is 10.7 Å². The predicted octanol–water partition coefficient (Wildman–Crippen LogP) is 4.29. The van der Waals surface area contributed by atoms with Gasteiger partial charge in [-0.05, 0) is 43.2 Å². The molecule has 1 amide bonds. The normalized spacial score (nSPS) is 18.1. The number of thiazole rings is 1. The number of halogens is 1. The van der Waals surface area contributed by atoms with Crippen molar-refractivity contribution in [3.05, 3.63) is 81.6 Å². The second-order valence-corrected chi connectivity index (χ2v) is 8.32. The van der Waals surface area contributed by atoms with Gasteiger partial charge in [-0.25, -0.2) is 14.2 Å². The number of nitrogens with zero attached hydrogens (tertiary/aromatic N) is 1. The Balaban J connectivity index is 1.50. The molecule has 0 aliphatic carbocycles. The number of rotatable bonds is 4. The zero-order valence-electron chi connectivity index (χ0n) is 16.0. The van der Waals surface area contributed by atoms with Crippen molar-refractivity contribution >= 4 is 28.3 Å². The molecule has 148 valence electrons. The largest absolute Gasteiger partial charge is 0.445 e. The topological polar surface area (TPSA) is 68.3 Å². The van der Waals surface area contributed by atoms with Gasteiger partial charge >= 0.3 is 5.97 Å². The van der Waals surface area contributed by atoms with Crippen LogP contribution in [0.25, 0.3) is 0 Å². The Hall–Kier alpha value is -3.06. The van der Waals surface area contributed by atoms with Gasteiger partial charge in [0.1, 0.15) is 5.82 Å². The van der Waals surface area contributed by atoms with Crippen LogP contribution in [0.1, 0.15) is 39.0 Å². The number of fused-ring (bicyclic) bond motifs is 1. The quantitative estimate of drug-likeness (QED) is 0.652. The van der Waals surface area contributed by atoms with E-state index in [1.165, 1.54) is 23.5 Å². The summed E-state index contributed by atoms with van der Waals surface area (Å²) in [6.45, 7) is 3.47. The lowest BCUT2D eigenvalue weighted by Crippen LogP contribution is -2.48. The van der Waals surface area contributed by atoms with E-state index in [1.54, 1.807) is 31.2 Å². The number of ether oxygens (including phenoxy) is 1. The highest BCUT2D eigenvalue weighted by Crippen LogP contribution is 2.31. The van der Waals surface area contributed by atoms with E-state index in [2.05, 4.69) is 10.3 Å². The SMILES string of the molecule is Cc1nc(NC(=O)C2(C)Cc3ccccc3C(=O)O2)sc1Cc1ccc(F)cc1. The Bertz CT molecular complexity index is 1090. The second-order valence-electron chi connectivity index (χ2n) is 7.24. The van der Waals surface area contributed by atoms with Crippen molar-refractivity contribution in [2.24, 2.45) is 0 Å². The summed E-state index contributed by atoms with van der Waals surface area (Å²) in [5.41, 5.74) is 1.73. The van der Waals surface area contributed by atoms with Gasteiger partial charge in [-0.1, -0.05) is 30.3 Å². The molecule has 2 aromatic carbocycles. The van der Waals surface area contributed by atoms with E-state index in [4.69, 9.17) is 4.74 Å². The molecule has 2 heterocycles. The number of carbonyl (C=O) groups excluding carboxylic acids is 2. The summed E-state index contributed by atoms with van der Waals surface area (Å²) in [6.07, 6.45) is 0.896. The molecule has 1 aliphatic heterocycles. The molecule has 0 saturated carbocycles. The molecular formula is C22H19FN2O3S. The van der Waals surface area contributed by atoms with Crippen LogP contribution in [0, 0.1) is 12.7 Å². The van der Waals surface area contributed by atoms with E-state index >= 15 is 0 Å². The maximum atomic E-state index is 13.1. The molecule has 1 aliphatic rings. The van der Waals surface area contributed by atoms with Crippen LogP contribution in [0.4, 0.5) is 9.52 Å². The molecule has 0 bridgehead atoms. The molecule has 1 N–H and O–H groups in total. The molecular weight excluding hydrogens is 391 g/mol. The summed E-state index contributed by atoms with van der Waals surface area (Å²) in [7, 11) is 0. The van der Waals surface area contributed by atoms with E-state index in [9.17, 15) is 14.0 Å². The first-order chi connectivity index (χ1) is 13.8. The van der Waals surface area contributed by atoms with Crippen molar-refractivity contribution in [1.82, 2.24) is 4.98 Å². The van der Waals surface area contributed by atoms with Crippen LogP contribution in [-0.4, -0.2) is 22.5 Å². The maximum absolute atomic E-state index is 13.1. The minimum absolute atomic E-state index is 0.278. The van der Waals surface area contributed by atoms with E-state index in [0.29, 0.717) is 23.5 Å². The fraction of sp³-hybridized carbons (Fsp3) is 0.227. The number of carbonyl (C=O) groups is 2. The number of cyclic esters (lactones) is 1. The van der Waals surface area contributed by atoms with E-state index < -0.39 is 17.5 Å². The Kier molecular flexibility index (Phi) is 4.92. The van der Waals surface area contributed by atoms with E-state index in [-0.39, 0.29) is 5.82 Å². The van der Waals surface area contributed by atoms with Gasteiger partial charge in [-0.15, -0.1) is 11.3 Å². The molecule has 3 aromatic rings. The smallest absolute Gasteiger partial charge is 0.339 e. The van der Waals surface area contributed by atoms with Crippen molar-refractivity contribution < 1.29 is 18.7 Å². The van der Waals surface area contributed by atoms with Crippen LogP contribution in [0.2, 0.25) is 0 Å². The lowest BCUT2D eigenvalue weighted by Gasteiger charge is -2.32. The number of amides is 1. The molecule has 0 saturated heterocycles. The number of anilines is 1. The molecule has 1 atom stereocenters. The van der Waals surface area contributed by atoms with E-state index in [0.717, 1.165) is 21.7 Å². The third-order valence-electron chi connectivity index (χ3n) is 4.95. The summed E-state index contributed by atoms with van der Waals surface area (Å²) >= 11 is 1.36. The van der Waals surface area contributed by atoms with E-state index in [1.807, 2.05) is 19.1 Å². The first-order valence-corrected chi connectivity index (χ1v) is 9.99. The van der Waals surface area contributed by atoms with Crippen LogP contribution in [0.3, 0.4) is 0 Å². The standard InChI is InChI=1S/C22H19FN2O3S/c1-13-18(11-14-7-9-16(23)10-8-14)29-21(24-13)25-20(27)22(2)12-15-5-3-4-6-17(15)19(26)28-22/h3-10H,11-12H2,1-2H3,(H,24,25,27). The number of benzene rings is 2. The number of aromatic nitrogens is 1. The Labute approximate surface area is 171 Å². The predicted molar refractivity (Wildman–Crippen MR) is 109 cm³/mol. The molecule has 1 aromatic heterocycles. The second kappa shape index (κ2) is 7.40. The van der Waals surface area contributed by atoms with Gasteiger partial charge in [0.25, 0.3) is 5.91 Å². The molecule has 0 fully saturated rings.